The highest BCUT2D eigenvalue weighted by Gasteiger charge is 2.22. The number of benzene rings is 3. The minimum atomic E-state index is -0.538. The van der Waals surface area contributed by atoms with Crippen LogP contribution in [0.4, 0.5) is 8.78 Å². The lowest BCUT2D eigenvalue weighted by atomic mass is 10.0. The van der Waals surface area contributed by atoms with Gasteiger partial charge in [-0.2, -0.15) is 0 Å². The number of tetrazole rings is 1. The summed E-state index contributed by atoms with van der Waals surface area (Å²) in [5, 5.41) is 8.64. The van der Waals surface area contributed by atoms with Crippen LogP contribution in [0.3, 0.4) is 0 Å². The Morgan fingerprint density at radius 1 is 0.951 bits per heavy atom. The smallest absolute Gasteiger partial charge is 0.251 e. The molecule has 0 aliphatic heterocycles. The van der Waals surface area contributed by atoms with E-state index in [2.05, 4.69) is 20.4 Å². The van der Waals surface area contributed by atoms with Crippen molar-refractivity contribution in [3.8, 4) is 28.1 Å². The molecule has 6 aromatic rings. The van der Waals surface area contributed by atoms with Crippen LogP contribution in [0.15, 0.2) is 102 Å². The first-order valence-corrected chi connectivity index (χ1v) is 13.1. The summed E-state index contributed by atoms with van der Waals surface area (Å²) in [5.74, 6) is -0.154. The zero-order valence-corrected chi connectivity index (χ0v) is 22.5. The third-order valence-corrected chi connectivity index (χ3v) is 7.00. The van der Waals surface area contributed by atoms with Gasteiger partial charge in [-0.25, -0.2) is 13.8 Å². The van der Waals surface area contributed by atoms with Crippen LogP contribution in [-0.2, 0) is 13.5 Å². The molecule has 41 heavy (non-hydrogen) atoms. The van der Waals surface area contributed by atoms with Gasteiger partial charge in [0.15, 0.2) is 10.9 Å². The standard InChI is InChI=1S/C30H23ClF2N7O/c1-38-18-40(37-36-38)27-11-6-22(31)16-25(27)21-12-13-39(29(41)15-21)28(14-19-2-7-23(32)8-3-19)30-34-17-26(35-30)20-4-9-24(33)10-5-20/h2-13,15-18,28H,14H2,1H3,(H,34,35)/q+1. The summed E-state index contributed by atoms with van der Waals surface area (Å²) in [6.45, 7) is 0. The number of nitrogens with one attached hydrogen (secondary N) is 1. The highest BCUT2D eigenvalue weighted by atomic mass is 35.5. The highest BCUT2D eigenvalue weighted by Crippen LogP contribution is 2.30. The molecule has 0 aliphatic rings. The summed E-state index contributed by atoms with van der Waals surface area (Å²) in [6, 6.07) is 20.3. The van der Waals surface area contributed by atoms with Gasteiger partial charge in [0.2, 0.25) is 6.33 Å². The minimum Gasteiger partial charge on any atom is -0.340 e. The van der Waals surface area contributed by atoms with E-state index in [1.165, 1.54) is 30.3 Å². The van der Waals surface area contributed by atoms with Crippen LogP contribution in [0, 0.1) is 11.6 Å². The van der Waals surface area contributed by atoms with E-state index in [1.807, 2.05) is 12.1 Å². The molecule has 0 spiro atoms. The number of aromatic amines is 1. The average molecular weight is 571 g/mol. The number of imidazole rings is 1. The van der Waals surface area contributed by atoms with Crippen molar-refractivity contribution >= 4 is 11.6 Å². The molecule has 8 nitrogen and oxygen atoms in total. The number of pyridine rings is 1. The van der Waals surface area contributed by atoms with E-state index in [9.17, 15) is 13.6 Å². The number of aryl methyl sites for hydroxylation is 1. The normalized spacial score (nSPS) is 12.0. The monoisotopic (exact) mass is 570 g/mol. The Hall–Kier alpha value is -4.96. The molecule has 1 atom stereocenters. The lowest BCUT2D eigenvalue weighted by molar-refractivity contribution is -0.731. The average Bonchev–Trinajstić information content (AvgIpc) is 3.63. The van der Waals surface area contributed by atoms with Crippen molar-refractivity contribution in [1.82, 2.24) is 29.6 Å². The fourth-order valence-corrected chi connectivity index (χ4v) is 4.90. The van der Waals surface area contributed by atoms with Crippen molar-refractivity contribution in [3.63, 3.8) is 0 Å². The van der Waals surface area contributed by atoms with Crippen molar-refractivity contribution in [3.05, 3.63) is 136 Å². The molecule has 3 aromatic carbocycles. The van der Waals surface area contributed by atoms with E-state index < -0.39 is 6.04 Å². The molecule has 6 rings (SSSR count). The number of nitrogens with zero attached hydrogens (tertiary/aromatic N) is 6. The Bertz CT molecular complexity index is 1900. The Kier molecular flexibility index (Phi) is 6.98. The van der Waals surface area contributed by atoms with Crippen molar-refractivity contribution < 1.29 is 13.5 Å². The van der Waals surface area contributed by atoms with Crippen molar-refractivity contribution in [1.29, 1.82) is 0 Å². The third-order valence-electron chi connectivity index (χ3n) is 6.76. The summed E-state index contributed by atoms with van der Waals surface area (Å²) < 4.78 is 31.8. The maximum Gasteiger partial charge on any atom is 0.251 e. The topological polar surface area (TPSA) is 85.3 Å². The van der Waals surface area contributed by atoms with Gasteiger partial charge >= 0.3 is 0 Å². The summed E-state index contributed by atoms with van der Waals surface area (Å²) in [4.78, 5) is 21.5. The molecule has 0 saturated heterocycles. The molecular formula is C30H23ClF2N7O+. The summed E-state index contributed by atoms with van der Waals surface area (Å²) in [6.07, 6.45) is 5.43. The lowest BCUT2D eigenvalue weighted by Crippen LogP contribution is -2.28. The predicted octanol–water partition coefficient (Wildman–Crippen LogP) is 5.07. The number of H-pyrrole nitrogens is 1. The molecule has 3 aromatic heterocycles. The maximum absolute atomic E-state index is 13.7. The van der Waals surface area contributed by atoms with E-state index >= 15 is 0 Å². The molecule has 0 bridgehead atoms. The molecule has 0 aliphatic carbocycles. The van der Waals surface area contributed by atoms with E-state index in [1.54, 1.807) is 76.1 Å². The number of hydrogen-bond acceptors (Lipinski definition) is 4. The summed E-state index contributed by atoms with van der Waals surface area (Å²) >= 11 is 6.33. The van der Waals surface area contributed by atoms with Gasteiger partial charge < -0.3 is 9.55 Å². The maximum atomic E-state index is 13.7. The fourth-order valence-electron chi connectivity index (χ4n) is 4.73. The van der Waals surface area contributed by atoms with Crippen LogP contribution < -0.4 is 10.2 Å². The van der Waals surface area contributed by atoms with Gasteiger partial charge in [0.25, 0.3) is 5.56 Å². The van der Waals surface area contributed by atoms with Gasteiger partial charge in [-0.1, -0.05) is 28.4 Å². The van der Waals surface area contributed by atoms with Crippen LogP contribution in [0.25, 0.3) is 28.1 Å². The Labute approximate surface area is 238 Å². The SMILES string of the molecule is C[n+]1cn(-c2ccc(Cl)cc2-c2ccn(C(Cc3ccc(F)cc3)c3ncc(-c4ccc(F)cc4)[nH]3)c(=O)c2)nn1. The lowest BCUT2D eigenvalue weighted by Gasteiger charge is -2.19. The molecule has 1 N–H and O–H groups in total. The minimum absolute atomic E-state index is 0.274. The van der Waals surface area contributed by atoms with Crippen molar-refractivity contribution in [2.45, 2.75) is 12.5 Å². The largest absolute Gasteiger partial charge is 0.340 e. The van der Waals surface area contributed by atoms with Gasteiger partial charge in [-0.05, 0) is 77.4 Å². The van der Waals surface area contributed by atoms with Crippen molar-refractivity contribution in [2.24, 2.45) is 7.05 Å². The molecule has 0 saturated carbocycles. The number of aromatic nitrogens is 7. The molecular weight excluding hydrogens is 548 g/mol. The number of rotatable bonds is 7. The first kappa shape index (κ1) is 26.3. The molecule has 0 radical (unpaired) electrons. The van der Waals surface area contributed by atoms with Crippen LogP contribution >= 0.6 is 11.6 Å². The molecule has 0 fully saturated rings. The molecule has 3 heterocycles. The first-order valence-electron chi connectivity index (χ1n) is 12.7. The van der Waals surface area contributed by atoms with Gasteiger partial charge in [-0.3, -0.25) is 4.79 Å². The number of hydrogen-bond donors (Lipinski definition) is 1. The predicted molar refractivity (Wildman–Crippen MR) is 149 cm³/mol. The first-order chi connectivity index (χ1) is 19.8. The number of halogens is 3. The van der Waals surface area contributed by atoms with E-state index in [0.717, 1.165) is 11.1 Å². The molecule has 1 unspecified atom stereocenters. The second kappa shape index (κ2) is 10.9. The fraction of sp³-hybridized carbons (Fsp3) is 0.100. The van der Waals surface area contributed by atoms with Gasteiger partial charge in [-0.15, -0.1) is 4.68 Å². The van der Waals surface area contributed by atoms with Crippen LogP contribution in [0.2, 0.25) is 5.02 Å². The van der Waals surface area contributed by atoms with E-state index in [-0.39, 0.29) is 17.2 Å². The summed E-state index contributed by atoms with van der Waals surface area (Å²) in [5.41, 5.74) is 4.04. The quantitative estimate of drug-likeness (QED) is 0.272. The zero-order valence-electron chi connectivity index (χ0n) is 21.7. The Morgan fingerprint density at radius 2 is 1.68 bits per heavy atom. The van der Waals surface area contributed by atoms with Crippen LogP contribution in [0.5, 0.6) is 0 Å². The van der Waals surface area contributed by atoms with E-state index in [0.29, 0.717) is 39.8 Å². The van der Waals surface area contributed by atoms with Gasteiger partial charge in [0.1, 0.15) is 22.7 Å². The highest BCUT2D eigenvalue weighted by molar-refractivity contribution is 6.31. The molecule has 204 valence electrons. The van der Waals surface area contributed by atoms with Gasteiger partial charge in [0, 0.05) is 29.3 Å². The molecule has 0 amide bonds. The van der Waals surface area contributed by atoms with Gasteiger partial charge in [0.05, 0.1) is 25.0 Å². The van der Waals surface area contributed by atoms with Crippen LogP contribution in [0.1, 0.15) is 17.4 Å². The second-order valence-electron chi connectivity index (χ2n) is 9.57. The molecule has 11 heteroatoms. The Balaban J connectivity index is 1.42. The second-order valence-corrected chi connectivity index (χ2v) is 10.0. The third kappa shape index (κ3) is 5.55. The summed E-state index contributed by atoms with van der Waals surface area (Å²) in [7, 11) is 1.76. The van der Waals surface area contributed by atoms with Crippen LogP contribution in [-0.4, -0.2) is 29.6 Å². The van der Waals surface area contributed by atoms with E-state index in [4.69, 9.17) is 11.6 Å². The zero-order chi connectivity index (χ0) is 28.5. The van der Waals surface area contributed by atoms with Crippen molar-refractivity contribution in [2.75, 3.05) is 0 Å². The Morgan fingerprint density at radius 3 is 2.37 bits per heavy atom.